The van der Waals surface area contributed by atoms with Crippen LogP contribution < -0.4 is 5.73 Å². The van der Waals surface area contributed by atoms with Gasteiger partial charge in [0.25, 0.3) is 0 Å². The number of halogens is 1. The lowest BCUT2D eigenvalue weighted by molar-refractivity contribution is 1.39. The van der Waals surface area contributed by atoms with Crippen LogP contribution in [0.25, 0.3) is 10.6 Å². The van der Waals surface area contributed by atoms with Crippen molar-refractivity contribution < 1.29 is 0 Å². The summed E-state index contributed by atoms with van der Waals surface area (Å²) in [6.45, 7) is 4.13. The minimum atomic E-state index is 0.639. The van der Waals surface area contributed by atoms with Crippen molar-refractivity contribution in [3.05, 3.63) is 20.3 Å². The third-order valence-corrected chi connectivity index (χ3v) is 4.85. The Morgan fingerprint density at radius 1 is 1.36 bits per heavy atom. The van der Waals surface area contributed by atoms with E-state index in [9.17, 15) is 0 Å². The van der Waals surface area contributed by atoms with E-state index in [1.807, 2.05) is 6.92 Å². The SMILES string of the molecule is Cc1cc(-c2nc(N)sc2C)sc1Br. The molecule has 2 nitrogen and oxygen atoms in total. The molecule has 0 aliphatic carbocycles. The molecule has 0 radical (unpaired) electrons. The summed E-state index contributed by atoms with van der Waals surface area (Å²) in [6, 6.07) is 2.14. The molecule has 2 aromatic rings. The smallest absolute Gasteiger partial charge is 0.180 e. The van der Waals surface area contributed by atoms with Gasteiger partial charge in [-0.05, 0) is 41.4 Å². The van der Waals surface area contributed by atoms with Crippen LogP contribution in [0.5, 0.6) is 0 Å². The van der Waals surface area contributed by atoms with Crippen LogP contribution >= 0.6 is 38.6 Å². The summed E-state index contributed by atoms with van der Waals surface area (Å²) in [6.07, 6.45) is 0. The highest BCUT2D eigenvalue weighted by Gasteiger charge is 2.11. The Morgan fingerprint density at radius 3 is 2.50 bits per heavy atom. The molecule has 0 aliphatic heterocycles. The van der Waals surface area contributed by atoms with E-state index in [0.29, 0.717) is 5.13 Å². The van der Waals surface area contributed by atoms with E-state index in [1.54, 1.807) is 11.3 Å². The predicted octanol–water partition coefficient (Wildman–Crippen LogP) is 3.83. The van der Waals surface area contributed by atoms with Crippen molar-refractivity contribution in [1.82, 2.24) is 4.98 Å². The summed E-state index contributed by atoms with van der Waals surface area (Å²) < 4.78 is 1.17. The zero-order valence-electron chi connectivity index (χ0n) is 7.80. The van der Waals surface area contributed by atoms with Gasteiger partial charge in [-0.15, -0.1) is 22.7 Å². The molecule has 2 aromatic heterocycles. The second kappa shape index (κ2) is 3.64. The van der Waals surface area contributed by atoms with Crippen LogP contribution in [0, 0.1) is 13.8 Å². The van der Waals surface area contributed by atoms with Crippen LogP contribution in [0.4, 0.5) is 5.13 Å². The van der Waals surface area contributed by atoms with Crippen LogP contribution in [0.2, 0.25) is 0 Å². The summed E-state index contributed by atoms with van der Waals surface area (Å²) in [4.78, 5) is 6.68. The zero-order valence-corrected chi connectivity index (χ0v) is 11.0. The fourth-order valence-electron chi connectivity index (χ4n) is 1.22. The van der Waals surface area contributed by atoms with Crippen LogP contribution in [0.15, 0.2) is 9.85 Å². The normalized spacial score (nSPS) is 10.8. The summed E-state index contributed by atoms with van der Waals surface area (Å²) in [5.41, 5.74) is 7.93. The fraction of sp³-hybridized carbons (Fsp3) is 0.222. The van der Waals surface area contributed by atoms with Gasteiger partial charge in [0.2, 0.25) is 0 Å². The highest BCUT2D eigenvalue weighted by molar-refractivity contribution is 9.11. The van der Waals surface area contributed by atoms with Gasteiger partial charge in [-0.2, -0.15) is 0 Å². The average molecular weight is 289 g/mol. The summed E-state index contributed by atoms with van der Waals surface area (Å²) in [5.74, 6) is 0. The van der Waals surface area contributed by atoms with Gasteiger partial charge in [0.05, 0.1) is 14.4 Å². The number of thiazole rings is 1. The molecular weight excluding hydrogens is 280 g/mol. The number of thiophene rings is 1. The summed E-state index contributed by atoms with van der Waals surface area (Å²) >= 11 is 6.75. The minimum Gasteiger partial charge on any atom is -0.375 e. The van der Waals surface area contributed by atoms with Crippen molar-refractivity contribution in [3.63, 3.8) is 0 Å². The summed E-state index contributed by atoms with van der Waals surface area (Å²) in [5, 5.41) is 0.639. The molecular formula is C9H9BrN2S2. The Bertz CT molecular complexity index is 454. The molecule has 2 heterocycles. The van der Waals surface area contributed by atoms with Crippen molar-refractivity contribution in [1.29, 1.82) is 0 Å². The fourth-order valence-corrected chi connectivity index (χ4v) is 3.57. The number of nitrogen functional groups attached to an aromatic ring is 1. The van der Waals surface area contributed by atoms with Gasteiger partial charge in [-0.1, -0.05) is 0 Å². The third-order valence-electron chi connectivity index (χ3n) is 1.90. The second-order valence-corrected chi connectivity index (χ2v) is 6.63. The molecule has 74 valence electrons. The molecule has 5 heteroatoms. The Hall–Kier alpha value is -0.390. The number of anilines is 1. The van der Waals surface area contributed by atoms with Gasteiger partial charge in [0.1, 0.15) is 0 Å². The topological polar surface area (TPSA) is 38.9 Å². The molecule has 0 saturated carbocycles. The van der Waals surface area contributed by atoms with E-state index < -0.39 is 0 Å². The van der Waals surface area contributed by atoms with Gasteiger partial charge in [0, 0.05) is 4.88 Å². The highest BCUT2D eigenvalue weighted by atomic mass is 79.9. The number of aryl methyl sites for hydroxylation is 2. The average Bonchev–Trinajstić information content (AvgIpc) is 2.57. The largest absolute Gasteiger partial charge is 0.375 e. The van der Waals surface area contributed by atoms with E-state index >= 15 is 0 Å². The van der Waals surface area contributed by atoms with Crippen molar-refractivity contribution in [3.8, 4) is 10.6 Å². The maximum Gasteiger partial charge on any atom is 0.180 e. The highest BCUT2D eigenvalue weighted by Crippen LogP contribution is 2.37. The van der Waals surface area contributed by atoms with Crippen molar-refractivity contribution >= 4 is 43.7 Å². The first-order valence-electron chi connectivity index (χ1n) is 4.07. The molecule has 0 aliphatic rings. The molecule has 0 aromatic carbocycles. The maximum absolute atomic E-state index is 5.66. The van der Waals surface area contributed by atoms with Crippen molar-refractivity contribution in [2.24, 2.45) is 0 Å². The number of aromatic nitrogens is 1. The number of nitrogens with zero attached hydrogens (tertiary/aromatic N) is 1. The lowest BCUT2D eigenvalue weighted by Gasteiger charge is -1.90. The molecule has 0 fully saturated rings. The van der Waals surface area contributed by atoms with E-state index in [1.165, 1.54) is 30.4 Å². The quantitative estimate of drug-likeness (QED) is 0.866. The number of hydrogen-bond acceptors (Lipinski definition) is 4. The van der Waals surface area contributed by atoms with Crippen LogP contribution in [0.3, 0.4) is 0 Å². The molecule has 0 unspecified atom stereocenters. The molecule has 0 spiro atoms. The monoisotopic (exact) mass is 288 g/mol. The predicted molar refractivity (Wildman–Crippen MR) is 67.0 cm³/mol. The van der Waals surface area contributed by atoms with E-state index in [-0.39, 0.29) is 0 Å². The Labute approximate surface area is 98.9 Å². The molecule has 0 bridgehead atoms. The minimum absolute atomic E-state index is 0.639. The Balaban J connectivity index is 2.54. The zero-order chi connectivity index (χ0) is 10.3. The van der Waals surface area contributed by atoms with E-state index in [0.717, 1.165) is 5.69 Å². The van der Waals surface area contributed by atoms with Gasteiger partial charge in [0.15, 0.2) is 5.13 Å². The number of nitrogens with two attached hydrogens (primary N) is 1. The molecule has 2 N–H and O–H groups in total. The molecule has 14 heavy (non-hydrogen) atoms. The molecule has 2 rings (SSSR count). The van der Waals surface area contributed by atoms with Crippen LogP contribution in [-0.4, -0.2) is 4.98 Å². The van der Waals surface area contributed by atoms with Gasteiger partial charge in [-0.3, -0.25) is 0 Å². The number of hydrogen-bond donors (Lipinski definition) is 1. The van der Waals surface area contributed by atoms with Crippen LogP contribution in [-0.2, 0) is 0 Å². The molecule has 0 atom stereocenters. The third kappa shape index (κ3) is 1.71. The standard InChI is InChI=1S/C9H9BrN2S2/c1-4-3-6(14-8(4)10)7-5(2)13-9(11)12-7/h3H,1-2H3,(H2,11,12). The first-order chi connectivity index (χ1) is 6.58. The number of rotatable bonds is 1. The van der Waals surface area contributed by atoms with Crippen molar-refractivity contribution in [2.75, 3.05) is 5.73 Å². The van der Waals surface area contributed by atoms with Gasteiger partial charge >= 0.3 is 0 Å². The summed E-state index contributed by atoms with van der Waals surface area (Å²) in [7, 11) is 0. The lowest BCUT2D eigenvalue weighted by atomic mass is 10.3. The Morgan fingerprint density at radius 2 is 2.07 bits per heavy atom. The first-order valence-corrected chi connectivity index (χ1v) is 6.49. The van der Waals surface area contributed by atoms with Gasteiger partial charge < -0.3 is 5.73 Å². The van der Waals surface area contributed by atoms with Crippen LogP contribution in [0.1, 0.15) is 10.4 Å². The molecule has 0 saturated heterocycles. The van der Waals surface area contributed by atoms with Crippen molar-refractivity contribution in [2.45, 2.75) is 13.8 Å². The Kier molecular flexibility index (Phi) is 2.64. The van der Waals surface area contributed by atoms with E-state index in [4.69, 9.17) is 5.73 Å². The van der Waals surface area contributed by atoms with Gasteiger partial charge in [-0.25, -0.2) is 4.98 Å². The first kappa shape index (κ1) is 10.1. The maximum atomic E-state index is 5.66. The van der Waals surface area contributed by atoms with E-state index in [2.05, 4.69) is 33.9 Å². The molecule has 0 amide bonds. The lowest BCUT2D eigenvalue weighted by Crippen LogP contribution is -1.81. The second-order valence-electron chi connectivity index (χ2n) is 3.02.